The quantitative estimate of drug-likeness (QED) is 0.427. The first kappa shape index (κ1) is 13.3. The maximum absolute atomic E-state index is 5.96. The lowest BCUT2D eigenvalue weighted by Gasteiger charge is -2.10. The number of nitrogens with zero attached hydrogens (tertiary/aromatic N) is 1. The minimum Gasteiger partial charge on any atom is -0.251 e. The van der Waals surface area contributed by atoms with Crippen molar-refractivity contribution in [2.24, 2.45) is 0 Å². The smallest absolute Gasteiger partial charge is 0.0784 e. The van der Waals surface area contributed by atoms with Crippen molar-refractivity contribution in [3.05, 3.63) is 78.5 Å². The third kappa shape index (κ3) is 2.15. The monoisotopic (exact) mass is 303 g/mol. The molecule has 0 aliphatic rings. The van der Waals surface area contributed by atoms with Crippen LogP contribution in [0.25, 0.3) is 32.8 Å². The van der Waals surface area contributed by atoms with E-state index in [9.17, 15) is 0 Å². The summed E-state index contributed by atoms with van der Waals surface area (Å²) in [6.07, 6.45) is 0. The van der Waals surface area contributed by atoms with Gasteiger partial charge in [0.05, 0.1) is 17.1 Å². The molecule has 0 N–H and O–H groups in total. The predicted octanol–water partition coefficient (Wildman–Crippen LogP) is 5.79. The van der Waals surface area contributed by atoms with Gasteiger partial charge in [-0.3, -0.25) is 4.98 Å². The van der Waals surface area contributed by atoms with Crippen LogP contribution in [0.5, 0.6) is 0 Å². The van der Waals surface area contributed by atoms with E-state index in [0.717, 1.165) is 22.2 Å². The van der Waals surface area contributed by atoms with Crippen LogP contribution in [0.4, 0.5) is 0 Å². The van der Waals surface area contributed by atoms with Crippen molar-refractivity contribution in [1.82, 2.24) is 4.98 Å². The number of aromatic nitrogens is 1. The summed E-state index contributed by atoms with van der Waals surface area (Å²) in [4.78, 5) is 4.74. The van der Waals surface area contributed by atoms with Gasteiger partial charge < -0.3 is 0 Å². The highest BCUT2D eigenvalue weighted by Gasteiger charge is 2.09. The molecule has 22 heavy (non-hydrogen) atoms. The Kier molecular flexibility index (Phi) is 3.28. The van der Waals surface area contributed by atoms with Crippen LogP contribution in [0.3, 0.4) is 0 Å². The van der Waals surface area contributed by atoms with Crippen LogP contribution in [0, 0.1) is 0 Å². The average molecular weight is 304 g/mol. The average Bonchev–Trinajstić information content (AvgIpc) is 2.60. The molecule has 0 aliphatic heterocycles. The molecular weight excluding hydrogens is 290 g/mol. The van der Waals surface area contributed by atoms with Crippen LogP contribution >= 0.6 is 11.6 Å². The molecule has 0 spiro atoms. The second-order valence-corrected chi connectivity index (χ2v) is 5.61. The zero-order valence-corrected chi connectivity index (χ0v) is 12.7. The third-order valence-corrected chi connectivity index (χ3v) is 4.27. The topological polar surface area (TPSA) is 12.9 Å². The molecule has 2 heteroatoms. The molecule has 4 rings (SSSR count). The maximum atomic E-state index is 5.96. The molecule has 1 heterocycles. The SMILES string of the molecule is ClCc1ccc2cccc(-c3cccc4ccccc34)c2n1. The van der Waals surface area contributed by atoms with E-state index in [0.29, 0.717) is 5.88 Å². The number of halogens is 1. The Morgan fingerprint density at radius 1 is 0.682 bits per heavy atom. The standard InChI is InChI=1S/C20H14ClN/c21-13-16-12-11-15-7-4-10-19(20(15)22-16)18-9-3-6-14-5-1-2-8-17(14)18/h1-12H,13H2. The minimum atomic E-state index is 0.430. The number of benzene rings is 3. The molecule has 1 nitrogen and oxygen atoms in total. The second kappa shape index (κ2) is 5.43. The molecule has 3 aromatic carbocycles. The fraction of sp³-hybridized carbons (Fsp3) is 0.0500. The van der Waals surface area contributed by atoms with Gasteiger partial charge in [0.25, 0.3) is 0 Å². The zero-order valence-electron chi connectivity index (χ0n) is 12.0. The first-order chi connectivity index (χ1) is 10.9. The lowest BCUT2D eigenvalue weighted by molar-refractivity contribution is 1.22. The number of hydrogen-bond donors (Lipinski definition) is 0. The Morgan fingerprint density at radius 2 is 1.41 bits per heavy atom. The highest BCUT2D eigenvalue weighted by atomic mass is 35.5. The van der Waals surface area contributed by atoms with Gasteiger partial charge in [-0.05, 0) is 22.4 Å². The number of para-hydroxylation sites is 1. The number of rotatable bonds is 2. The lowest BCUT2D eigenvalue weighted by Crippen LogP contribution is -1.90. The van der Waals surface area contributed by atoms with Crippen LogP contribution in [-0.2, 0) is 5.88 Å². The number of fused-ring (bicyclic) bond motifs is 2. The summed E-state index contributed by atoms with van der Waals surface area (Å²) >= 11 is 5.96. The Morgan fingerprint density at radius 3 is 2.27 bits per heavy atom. The number of alkyl halides is 1. The molecule has 0 fully saturated rings. The maximum Gasteiger partial charge on any atom is 0.0784 e. The molecule has 1 aromatic heterocycles. The van der Waals surface area contributed by atoms with E-state index in [1.54, 1.807) is 0 Å². The van der Waals surface area contributed by atoms with Crippen LogP contribution < -0.4 is 0 Å². The van der Waals surface area contributed by atoms with Crippen molar-refractivity contribution in [2.45, 2.75) is 5.88 Å². The van der Waals surface area contributed by atoms with E-state index >= 15 is 0 Å². The summed E-state index contributed by atoms with van der Waals surface area (Å²) in [7, 11) is 0. The molecule has 4 aromatic rings. The van der Waals surface area contributed by atoms with Gasteiger partial charge in [-0.2, -0.15) is 0 Å². The molecule has 0 saturated heterocycles. The van der Waals surface area contributed by atoms with Gasteiger partial charge in [0, 0.05) is 10.9 Å². The first-order valence-corrected chi connectivity index (χ1v) is 7.83. The molecule has 0 atom stereocenters. The highest BCUT2D eigenvalue weighted by molar-refractivity contribution is 6.17. The zero-order chi connectivity index (χ0) is 14.9. The van der Waals surface area contributed by atoms with Crippen molar-refractivity contribution in [1.29, 1.82) is 0 Å². The fourth-order valence-corrected chi connectivity index (χ4v) is 3.09. The van der Waals surface area contributed by atoms with Crippen molar-refractivity contribution in [3.8, 4) is 11.1 Å². The van der Waals surface area contributed by atoms with E-state index in [-0.39, 0.29) is 0 Å². The van der Waals surface area contributed by atoms with E-state index in [1.165, 1.54) is 16.3 Å². The Hall–Kier alpha value is -2.38. The van der Waals surface area contributed by atoms with Gasteiger partial charge in [0.2, 0.25) is 0 Å². The van der Waals surface area contributed by atoms with E-state index in [2.05, 4.69) is 66.7 Å². The Labute approximate surface area is 134 Å². The molecule has 0 bridgehead atoms. The van der Waals surface area contributed by atoms with Crippen LogP contribution in [0.1, 0.15) is 5.69 Å². The minimum absolute atomic E-state index is 0.430. The van der Waals surface area contributed by atoms with Crippen molar-refractivity contribution < 1.29 is 0 Å². The third-order valence-electron chi connectivity index (χ3n) is 3.99. The normalized spacial score (nSPS) is 11.1. The number of hydrogen-bond acceptors (Lipinski definition) is 1. The van der Waals surface area contributed by atoms with Gasteiger partial charge in [-0.1, -0.05) is 66.7 Å². The first-order valence-electron chi connectivity index (χ1n) is 7.29. The van der Waals surface area contributed by atoms with Gasteiger partial charge in [-0.15, -0.1) is 11.6 Å². The molecule has 0 radical (unpaired) electrons. The summed E-state index contributed by atoms with van der Waals surface area (Å²) in [5.74, 6) is 0.430. The van der Waals surface area contributed by atoms with E-state index in [1.807, 2.05) is 6.07 Å². The van der Waals surface area contributed by atoms with Gasteiger partial charge in [0.15, 0.2) is 0 Å². The fourth-order valence-electron chi connectivity index (χ4n) is 2.94. The molecule has 0 aliphatic carbocycles. The Bertz CT molecular complexity index is 970. The highest BCUT2D eigenvalue weighted by Crippen LogP contribution is 2.33. The Balaban J connectivity index is 2.08. The van der Waals surface area contributed by atoms with Crippen molar-refractivity contribution in [2.75, 3.05) is 0 Å². The van der Waals surface area contributed by atoms with Gasteiger partial charge >= 0.3 is 0 Å². The van der Waals surface area contributed by atoms with Crippen LogP contribution in [-0.4, -0.2) is 4.98 Å². The number of pyridine rings is 1. The van der Waals surface area contributed by atoms with E-state index < -0.39 is 0 Å². The lowest BCUT2D eigenvalue weighted by atomic mass is 9.96. The summed E-state index contributed by atoms with van der Waals surface area (Å²) in [5.41, 5.74) is 4.28. The molecule has 0 saturated carbocycles. The predicted molar refractivity (Wildman–Crippen MR) is 94.2 cm³/mol. The second-order valence-electron chi connectivity index (χ2n) is 5.34. The van der Waals surface area contributed by atoms with Crippen molar-refractivity contribution in [3.63, 3.8) is 0 Å². The molecule has 106 valence electrons. The molecular formula is C20H14ClN. The van der Waals surface area contributed by atoms with Crippen molar-refractivity contribution >= 4 is 33.3 Å². The van der Waals surface area contributed by atoms with E-state index in [4.69, 9.17) is 16.6 Å². The summed E-state index contributed by atoms with van der Waals surface area (Å²) in [5, 5.41) is 3.63. The summed E-state index contributed by atoms with van der Waals surface area (Å²) in [6.45, 7) is 0. The summed E-state index contributed by atoms with van der Waals surface area (Å²) in [6, 6.07) is 25.2. The van der Waals surface area contributed by atoms with Crippen LogP contribution in [0.2, 0.25) is 0 Å². The van der Waals surface area contributed by atoms with Crippen LogP contribution in [0.15, 0.2) is 72.8 Å². The molecule has 0 unspecified atom stereocenters. The van der Waals surface area contributed by atoms with Gasteiger partial charge in [0.1, 0.15) is 0 Å². The largest absolute Gasteiger partial charge is 0.251 e. The summed E-state index contributed by atoms with van der Waals surface area (Å²) < 4.78 is 0. The van der Waals surface area contributed by atoms with Gasteiger partial charge in [-0.25, -0.2) is 0 Å². The molecule has 0 amide bonds.